The molecule has 30 heavy (non-hydrogen) atoms. The molecule has 0 saturated carbocycles. The van der Waals surface area contributed by atoms with Crippen LogP contribution in [-0.4, -0.2) is 36.4 Å². The van der Waals surface area contributed by atoms with Crippen molar-refractivity contribution < 1.29 is 18.7 Å². The summed E-state index contributed by atoms with van der Waals surface area (Å²) >= 11 is 0. The first-order valence-corrected chi connectivity index (χ1v) is 10.5. The molecule has 0 unspecified atom stereocenters. The van der Waals surface area contributed by atoms with Crippen molar-refractivity contribution in [3.8, 4) is 5.75 Å². The molecule has 0 atom stereocenters. The predicted molar refractivity (Wildman–Crippen MR) is 113 cm³/mol. The van der Waals surface area contributed by atoms with E-state index in [4.69, 9.17) is 4.74 Å². The van der Waals surface area contributed by atoms with E-state index in [0.29, 0.717) is 57.5 Å². The van der Waals surface area contributed by atoms with Gasteiger partial charge in [0.05, 0.1) is 6.61 Å². The third-order valence-corrected chi connectivity index (χ3v) is 5.47. The minimum atomic E-state index is -0.261. The number of likely N-dealkylation sites (tertiary alicyclic amines) is 1. The SMILES string of the molecule is Cc1ccc(CNC(=O)C2CCN(C(=O)CCCOc3ccccc3)CC2)cc1F. The van der Waals surface area contributed by atoms with Gasteiger partial charge in [-0.3, -0.25) is 9.59 Å². The van der Waals surface area contributed by atoms with E-state index < -0.39 is 0 Å². The summed E-state index contributed by atoms with van der Waals surface area (Å²) in [7, 11) is 0. The summed E-state index contributed by atoms with van der Waals surface area (Å²) in [5.74, 6) is 0.527. The molecule has 6 heteroatoms. The average molecular weight is 413 g/mol. The van der Waals surface area contributed by atoms with E-state index in [0.717, 1.165) is 11.3 Å². The number of piperidine rings is 1. The van der Waals surface area contributed by atoms with Gasteiger partial charge in [-0.25, -0.2) is 4.39 Å². The molecule has 0 spiro atoms. The monoisotopic (exact) mass is 412 g/mol. The van der Waals surface area contributed by atoms with Gasteiger partial charge in [-0.1, -0.05) is 30.3 Å². The van der Waals surface area contributed by atoms with Gasteiger partial charge in [-0.15, -0.1) is 0 Å². The molecule has 1 saturated heterocycles. The Kier molecular flexibility index (Phi) is 7.82. The Morgan fingerprint density at radius 3 is 2.57 bits per heavy atom. The van der Waals surface area contributed by atoms with Gasteiger partial charge >= 0.3 is 0 Å². The minimum Gasteiger partial charge on any atom is -0.494 e. The maximum atomic E-state index is 13.6. The fourth-order valence-electron chi connectivity index (χ4n) is 3.56. The van der Waals surface area contributed by atoms with Crippen LogP contribution >= 0.6 is 0 Å². The topological polar surface area (TPSA) is 58.6 Å². The quantitative estimate of drug-likeness (QED) is 0.670. The van der Waals surface area contributed by atoms with Gasteiger partial charge in [-0.05, 0) is 55.5 Å². The van der Waals surface area contributed by atoms with Crippen molar-refractivity contribution >= 4 is 11.8 Å². The van der Waals surface area contributed by atoms with Crippen molar-refractivity contribution in [1.29, 1.82) is 0 Å². The Hall–Kier alpha value is -2.89. The van der Waals surface area contributed by atoms with Crippen LogP contribution in [-0.2, 0) is 16.1 Å². The molecule has 0 aromatic heterocycles. The van der Waals surface area contributed by atoms with Crippen molar-refractivity contribution in [2.24, 2.45) is 5.92 Å². The summed E-state index contributed by atoms with van der Waals surface area (Å²) in [6.45, 7) is 3.72. The zero-order chi connectivity index (χ0) is 21.3. The number of rotatable bonds is 8. The van der Waals surface area contributed by atoms with Gasteiger partial charge in [-0.2, -0.15) is 0 Å². The van der Waals surface area contributed by atoms with Crippen LogP contribution in [0, 0.1) is 18.7 Å². The molecule has 1 aliphatic rings. The molecular formula is C24H29FN2O3. The number of aryl methyl sites for hydroxylation is 1. The van der Waals surface area contributed by atoms with E-state index in [1.54, 1.807) is 13.0 Å². The van der Waals surface area contributed by atoms with Gasteiger partial charge in [0.1, 0.15) is 11.6 Å². The van der Waals surface area contributed by atoms with Crippen molar-refractivity contribution in [2.75, 3.05) is 19.7 Å². The highest BCUT2D eigenvalue weighted by Gasteiger charge is 2.26. The molecule has 1 aliphatic heterocycles. The summed E-state index contributed by atoms with van der Waals surface area (Å²) in [6, 6.07) is 14.5. The molecule has 1 heterocycles. The first kappa shape index (κ1) is 21.8. The van der Waals surface area contributed by atoms with E-state index in [9.17, 15) is 14.0 Å². The fourth-order valence-corrected chi connectivity index (χ4v) is 3.56. The third kappa shape index (κ3) is 6.31. The number of amides is 2. The molecule has 3 rings (SSSR count). The number of halogens is 1. The predicted octanol–water partition coefficient (Wildman–Crippen LogP) is 3.85. The second-order valence-electron chi connectivity index (χ2n) is 7.72. The molecule has 1 fully saturated rings. The number of carbonyl (C=O) groups excluding carboxylic acids is 2. The molecule has 2 aromatic rings. The molecule has 1 N–H and O–H groups in total. The van der Waals surface area contributed by atoms with Crippen LogP contribution < -0.4 is 10.1 Å². The van der Waals surface area contributed by atoms with Gasteiger partial charge in [0.15, 0.2) is 0 Å². The van der Waals surface area contributed by atoms with Crippen LogP contribution in [0.15, 0.2) is 48.5 Å². The number of benzene rings is 2. The average Bonchev–Trinajstić information content (AvgIpc) is 2.78. The first-order chi connectivity index (χ1) is 14.5. The van der Waals surface area contributed by atoms with E-state index in [2.05, 4.69) is 5.32 Å². The summed E-state index contributed by atoms with van der Waals surface area (Å²) < 4.78 is 19.2. The van der Waals surface area contributed by atoms with Gasteiger partial charge in [0.2, 0.25) is 11.8 Å². The zero-order valence-electron chi connectivity index (χ0n) is 17.4. The first-order valence-electron chi connectivity index (χ1n) is 10.5. The lowest BCUT2D eigenvalue weighted by Gasteiger charge is -2.31. The lowest BCUT2D eigenvalue weighted by atomic mass is 9.95. The number of nitrogens with zero attached hydrogens (tertiary/aromatic N) is 1. The molecule has 5 nitrogen and oxygen atoms in total. The molecule has 0 radical (unpaired) electrons. The second kappa shape index (κ2) is 10.8. The Balaban J connectivity index is 1.33. The van der Waals surface area contributed by atoms with Gasteiger partial charge < -0.3 is 15.0 Å². The minimum absolute atomic E-state index is 0.0284. The van der Waals surface area contributed by atoms with E-state index in [1.165, 1.54) is 6.07 Å². The molecule has 160 valence electrons. The highest BCUT2D eigenvalue weighted by Crippen LogP contribution is 2.19. The number of nitrogens with one attached hydrogen (secondary N) is 1. The summed E-state index contributed by atoms with van der Waals surface area (Å²) in [4.78, 5) is 26.6. The number of para-hydroxylation sites is 1. The number of carbonyl (C=O) groups is 2. The third-order valence-electron chi connectivity index (χ3n) is 5.47. The number of hydrogen-bond donors (Lipinski definition) is 1. The van der Waals surface area contributed by atoms with Gasteiger partial charge in [0, 0.05) is 32.0 Å². The highest BCUT2D eigenvalue weighted by molar-refractivity contribution is 5.80. The van der Waals surface area contributed by atoms with Crippen molar-refractivity contribution in [3.63, 3.8) is 0 Å². The Labute approximate surface area is 177 Å². The van der Waals surface area contributed by atoms with Crippen molar-refractivity contribution in [2.45, 2.75) is 39.2 Å². The van der Waals surface area contributed by atoms with Crippen LogP contribution in [0.5, 0.6) is 5.75 Å². The smallest absolute Gasteiger partial charge is 0.223 e. The van der Waals surface area contributed by atoms with E-state index >= 15 is 0 Å². The number of ether oxygens (including phenoxy) is 1. The van der Waals surface area contributed by atoms with E-state index in [1.807, 2.05) is 41.3 Å². The van der Waals surface area contributed by atoms with E-state index in [-0.39, 0.29) is 23.5 Å². The Bertz CT molecular complexity index is 849. The van der Waals surface area contributed by atoms with Gasteiger partial charge in [0.25, 0.3) is 0 Å². The maximum Gasteiger partial charge on any atom is 0.223 e. The van der Waals surface area contributed by atoms with Crippen molar-refractivity contribution in [3.05, 3.63) is 65.5 Å². The zero-order valence-corrected chi connectivity index (χ0v) is 17.4. The van der Waals surface area contributed by atoms with Crippen LogP contribution in [0.3, 0.4) is 0 Å². The largest absolute Gasteiger partial charge is 0.494 e. The van der Waals surface area contributed by atoms with Crippen LogP contribution in [0.25, 0.3) is 0 Å². The second-order valence-corrected chi connectivity index (χ2v) is 7.72. The van der Waals surface area contributed by atoms with Crippen LogP contribution in [0.1, 0.15) is 36.8 Å². The maximum absolute atomic E-state index is 13.6. The Morgan fingerprint density at radius 2 is 1.87 bits per heavy atom. The van der Waals surface area contributed by atoms with Crippen molar-refractivity contribution in [1.82, 2.24) is 10.2 Å². The molecular weight excluding hydrogens is 383 g/mol. The normalized spacial score (nSPS) is 14.4. The standard InChI is InChI=1S/C24H29FN2O3/c1-18-9-10-19(16-22(18)25)17-26-24(29)20-11-13-27(14-12-20)23(28)8-5-15-30-21-6-3-2-4-7-21/h2-4,6-7,9-10,16,20H,5,8,11-15,17H2,1H3,(H,26,29). The lowest BCUT2D eigenvalue weighted by molar-refractivity contribution is -0.135. The fraction of sp³-hybridized carbons (Fsp3) is 0.417. The summed E-state index contributed by atoms with van der Waals surface area (Å²) in [5, 5.41) is 2.89. The van der Waals surface area contributed by atoms with Crippen LogP contribution in [0.4, 0.5) is 4.39 Å². The highest BCUT2D eigenvalue weighted by atomic mass is 19.1. The molecule has 0 aliphatic carbocycles. The summed E-state index contributed by atoms with van der Waals surface area (Å²) in [6.07, 6.45) is 2.42. The lowest BCUT2D eigenvalue weighted by Crippen LogP contribution is -2.42. The Morgan fingerprint density at radius 1 is 1.13 bits per heavy atom. The molecule has 2 aromatic carbocycles. The molecule has 2 amide bonds. The molecule has 0 bridgehead atoms. The number of hydrogen-bond acceptors (Lipinski definition) is 3. The van der Waals surface area contributed by atoms with Crippen LogP contribution in [0.2, 0.25) is 0 Å². The summed E-state index contributed by atoms with van der Waals surface area (Å²) in [5.41, 5.74) is 1.34.